The van der Waals surface area contributed by atoms with Crippen LogP contribution >= 0.6 is 7.37 Å². The average Bonchev–Trinajstić information content (AvgIpc) is 2.54. The van der Waals surface area contributed by atoms with Gasteiger partial charge < -0.3 is 26.4 Å². The van der Waals surface area contributed by atoms with Crippen molar-refractivity contribution in [2.24, 2.45) is 11.7 Å². The highest BCUT2D eigenvalue weighted by Gasteiger charge is 2.25. The predicted molar refractivity (Wildman–Crippen MR) is 98.8 cm³/mol. The Morgan fingerprint density at radius 2 is 1.85 bits per heavy atom. The summed E-state index contributed by atoms with van der Waals surface area (Å²) in [5.41, 5.74) is 5.35. The van der Waals surface area contributed by atoms with Crippen LogP contribution in [0, 0.1) is 5.92 Å². The van der Waals surface area contributed by atoms with Gasteiger partial charge in [0, 0.05) is 12.6 Å². The van der Waals surface area contributed by atoms with E-state index in [1.807, 2.05) is 20.8 Å². The molecule has 0 fully saturated rings. The van der Waals surface area contributed by atoms with Crippen LogP contribution in [-0.4, -0.2) is 52.3 Å². The van der Waals surface area contributed by atoms with Crippen LogP contribution in [0.3, 0.4) is 0 Å². The fourth-order valence-corrected chi connectivity index (χ4v) is 3.56. The molecule has 0 rings (SSSR count). The fraction of sp³-hybridized carbons (Fsp3) is 0.812. The molecule has 0 aromatic rings. The van der Waals surface area contributed by atoms with Crippen molar-refractivity contribution in [1.82, 2.24) is 10.6 Å². The third-order valence-electron chi connectivity index (χ3n) is 3.72. The van der Waals surface area contributed by atoms with Crippen molar-refractivity contribution in [3.8, 4) is 0 Å². The maximum absolute atomic E-state index is 12.3. The van der Waals surface area contributed by atoms with Gasteiger partial charge in [-0.15, -0.1) is 0 Å². The zero-order valence-corrected chi connectivity index (χ0v) is 16.6. The van der Waals surface area contributed by atoms with Crippen LogP contribution in [0.25, 0.3) is 0 Å². The molecular formula is C16H32N3O6P. The van der Waals surface area contributed by atoms with Crippen molar-refractivity contribution in [2.45, 2.75) is 65.0 Å². The number of unbranched alkanes of at least 4 members (excludes halogenated alkanes) is 1. The van der Waals surface area contributed by atoms with E-state index in [0.717, 1.165) is 6.42 Å². The van der Waals surface area contributed by atoms with Gasteiger partial charge in [0.25, 0.3) is 0 Å². The minimum Gasteiger partial charge on any atom is -0.480 e. The molecule has 0 heterocycles. The Bertz CT molecular complexity index is 526. The summed E-state index contributed by atoms with van der Waals surface area (Å²) in [6, 6.07) is -1.99. The standard InChI is InChI=1S/C16H32N3O6P/c1-4-5-8-26(24,25)10-18-15(21)13(9-11(2)3)19-14(20)7-6-12(17)16(22)23/h11-13H,4-10,17H2,1-3H3,(H,18,21)(H,19,20)(H,22,23)(H,24,25)/t12?,13-/m0/s1. The van der Waals surface area contributed by atoms with Crippen molar-refractivity contribution < 1.29 is 28.9 Å². The zero-order valence-electron chi connectivity index (χ0n) is 15.7. The number of carboxylic acids is 1. The number of nitrogens with one attached hydrogen (secondary N) is 2. The first-order valence-corrected chi connectivity index (χ1v) is 10.9. The van der Waals surface area contributed by atoms with Crippen molar-refractivity contribution in [1.29, 1.82) is 0 Å². The predicted octanol–water partition coefficient (Wildman–Crippen LogP) is 0.854. The number of nitrogens with two attached hydrogens (primary N) is 1. The van der Waals surface area contributed by atoms with Crippen LogP contribution in [0.1, 0.15) is 52.9 Å². The van der Waals surface area contributed by atoms with Gasteiger partial charge in [-0.1, -0.05) is 27.2 Å². The number of carbonyl (C=O) groups is 3. The summed E-state index contributed by atoms with van der Waals surface area (Å²) in [4.78, 5) is 44.8. The summed E-state index contributed by atoms with van der Waals surface area (Å²) in [5, 5.41) is 13.7. The lowest BCUT2D eigenvalue weighted by molar-refractivity contribution is -0.139. The molecule has 0 aromatic heterocycles. The Labute approximate surface area is 154 Å². The second-order valence-corrected chi connectivity index (χ2v) is 9.31. The Balaban J connectivity index is 4.66. The van der Waals surface area contributed by atoms with E-state index in [-0.39, 0.29) is 31.2 Å². The molecule has 152 valence electrons. The van der Waals surface area contributed by atoms with E-state index < -0.39 is 37.2 Å². The SMILES string of the molecule is CCCCP(=O)(O)CNC(=O)[C@H](CC(C)C)NC(=O)CCC(N)C(=O)O. The van der Waals surface area contributed by atoms with Crippen LogP contribution in [-0.2, 0) is 18.9 Å². The molecule has 0 radical (unpaired) electrons. The van der Waals surface area contributed by atoms with Gasteiger partial charge in [-0.2, -0.15) is 0 Å². The minimum atomic E-state index is -3.43. The molecule has 9 nitrogen and oxygen atoms in total. The Morgan fingerprint density at radius 3 is 2.35 bits per heavy atom. The molecule has 2 unspecified atom stereocenters. The molecule has 26 heavy (non-hydrogen) atoms. The summed E-state index contributed by atoms with van der Waals surface area (Å²) >= 11 is 0. The van der Waals surface area contributed by atoms with Crippen molar-refractivity contribution in [2.75, 3.05) is 12.4 Å². The summed E-state index contributed by atoms with van der Waals surface area (Å²) in [5.74, 6) is -2.10. The first-order valence-electron chi connectivity index (χ1n) is 8.84. The van der Waals surface area contributed by atoms with Gasteiger partial charge in [-0.25, -0.2) is 0 Å². The van der Waals surface area contributed by atoms with Gasteiger partial charge in [0.1, 0.15) is 12.1 Å². The van der Waals surface area contributed by atoms with Crippen LogP contribution in [0.4, 0.5) is 0 Å². The highest BCUT2D eigenvalue weighted by Crippen LogP contribution is 2.39. The summed E-state index contributed by atoms with van der Waals surface area (Å²) in [6.45, 7) is 5.67. The van der Waals surface area contributed by atoms with Crippen LogP contribution in [0.5, 0.6) is 0 Å². The average molecular weight is 393 g/mol. The number of rotatable bonds is 13. The van der Waals surface area contributed by atoms with E-state index >= 15 is 0 Å². The first kappa shape index (κ1) is 24.6. The number of hydrogen-bond donors (Lipinski definition) is 5. The zero-order chi connectivity index (χ0) is 20.3. The van der Waals surface area contributed by atoms with E-state index in [2.05, 4.69) is 10.6 Å². The molecule has 0 spiro atoms. The van der Waals surface area contributed by atoms with Crippen LogP contribution in [0.2, 0.25) is 0 Å². The molecule has 2 amide bonds. The third kappa shape index (κ3) is 11.2. The van der Waals surface area contributed by atoms with Gasteiger partial charge in [-0.3, -0.25) is 18.9 Å². The largest absolute Gasteiger partial charge is 0.480 e. The molecule has 0 saturated heterocycles. The number of aliphatic carboxylic acids is 1. The third-order valence-corrected chi connectivity index (χ3v) is 5.39. The summed E-state index contributed by atoms with van der Waals surface area (Å²) < 4.78 is 12.0. The quantitative estimate of drug-likeness (QED) is 0.290. The van der Waals surface area contributed by atoms with E-state index in [1.54, 1.807) is 0 Å². The topological polar surface area (TPSA) is 159 Å². The number of hydrogen-bond acceptors (Lipinski definition) is 5. The lowest BCUT2D eigenvalue weighted by Crippen LogP contribution is -2.48. The van der Waals surface area contributed by atoms with Crippen molar-refractivity contribution >= 4 is 25.2 Å². The molecule has 0 aromatic carbocycles. The van der Waals surface area contributed by atoms with Gasteiger partial charge in [0.2, 0.25) is 19.2 Å². The van der Waals surface area contributed by atoms with E-state index in [4.69, 9.17) is 10.8 Å². The molecule has 10 heteroatoms. The maximum Gasteiger partial charge on any atom is 0.320 e. The van der Waals surface area contributed by atoms with Crippen LogP contribution < -0.4 is 16.4 Å². The molecule has 6 N–H and O–H groups in total. The monoisotopic (exact) mass is 393 g/mol. The minimum absolute atomic E-state index is 0.0416. The fourth-order valence-electron chi connectivity index (χ4n) is 2.19. The molecule has 0 aliphatic heterocycles. The van der Waals surface area contributed by atoms with E-state index in [1.165, 1.54) is 0 Å². The van der Waals surface area contributed by atoms with Crippen molar-refractivity contribution in [3.05, 3.63) is 0 Å². The van der Waals surface area contributed by atoms with Gasteiger partial charge in [0.05, 0.1) is 6.29 Å². The van der Waals surface area contributed by atoms with Gasteiger partial charge >= 0.3 is 5.97 Å². The highest BCUT2D eigenvalue weighted by molar-refractivity contribution is 7.57. The molecule has 0 aliphatic rings. The number of carboxylic acid groups (broad SMARTS) is 1. The van der Waals surface area contributed by atoms with Gasteiger partial charge in [-0.05, 0) is 25.2 Å². The normalized spacial score (nSPS) is 15.8. The Kier molecular flexibility index (Phi) is 11.4. The highest BCUT2D eigenvalue weighted by atomic mass is 31.2. The summed E-state index contributed by atoms with van der Waals surface area (Å²) in [6.07, 6.45) is 1.37. The number of amides is 2. The maximum atomic E-state index is 12.3. The molecule has 3 atom stereocenters. The Morgan fingerprint density at radius 1 is 1.23 bits per heavy atom. The Hall–Kier alpha value is -1.44. The van der Waals surface area contributed by atoms with E-state index in [0.29, 0.717) is 12.8 Å². The molecule has 0 aliphatic carbocycles. The number of carbonyl (C=O) groups excluding carboxylic acids is 2. The van der Waals surface area contributed by atoms with Crippen molar-refractivity contribution in [3.63, 3.8) is 0 Å². The lowest BCUT2D eigenvalue weighted by atomic mass is 10.0. The van der Waals surface area contributed by atoms with E-state index in [9.17, 15) is 23.8 Å². The lowest BCUT2D eigenvalue weighted by Gasteiger charge is -2.21. The second-order valence-electron chi connectivity index (χ2n) is 6.86. The molecular weight excluding hydrogens is 361 g/mol. The second kappa shape index (κ2) is 12.0. The molecule has 0 saturated carbocycles. The first-order chi connectivity index (χ1) is 12.0. The van der Waals surface area contributed by atoms with Crippen LogP contribution in [0.15, 0.2) is 0 Å². The summed E-state index contributed by atoms with van der Waals surface area (Å²) in [7, 11) is -3.43. The van der Waals surface area contributed by atoms with Gasteiger partial charge in [0.15, 0.2) is 0 Å². The molecule has 0 bridgehead atoms. The smallest absolute Gasteiger partial charge is 0.320 e.